The highest BCUT2D eigenvalue weighted by molar-refractivity contribution is 9.10. The van der Waals surface area contributed by atoms with Gasteiger partial charge in [0, 0.05) is 27.3 Å². The van der Waals surface area contributed by atoms with Gasteiger partial charge in [-0.3, -0.25) is 9.20 Å². The number of carboxylic acid groups (broad SMARTS) is 1. The van der Waals surface area contributed by atoms with Crippen LogP contribution in [0.5, 0.6) is 5.75 Å². The van der Waals surface area contributed by atoms with Gasteiger partial charge < -0.3 is 9.84 Å². The molecule has 0 amide bonds. The molecule has 7 heteroatoms. The SMILES string of the molecule is COc1ccc(-c2cn3cc(CC(=O)O)sc3n2)c(Br)c1. The Morgan fingerprint density at radius 3 is 2.90 bits per heavy atom. The van der Waals surface area contributed by atoms with Gasteiger partial charge in [0.1, 0.15) is 5.75 Å². The van der Waals surface area contributed by atoms with Crippen molar-refractivity contribution in [3.63, 3.8) is 0 Å². The van der Waals surface area contributed by atoms with Gasteiger partial charge >= 0.3 is 5.97 Å². The summed E-state index contributed by atoms with van der Waals surface area (Å²) in [5, 5.41) is 8.81. The predicted molar refractivity (Wildman–Crippen MR) is 84.1 cm³/mol. The number of aromatic nitrogens is 2. The quantitative estimate of drug-likeness (QED) is 0.767. The van der Waals surface area contributed by atoms with Gasteiger partial charge in [-0.15, -0.1) is 11.3 Å². The van der Waals surface area contributed by atoms with E-state index in [1.54, 1.807) is 7.11 Å². The Hall–Kier alpha value is -1.86. The van der Waals surface area contributed by atoms with Gasteiger partial charge in [0.05, 0.1) is 19.2 Å². The normalized spacial score (nSPS) is 11.0. The highest BCUT2D eigenvalue weighted by Gasteiger charge is 2.12. The Balaban J connectivity index is 1.98. The average molecular weight is 367 g/mol. The minimum Gasteiger partial charge on any atom is -0.497 e. The van der Waals surface area contributed by atoms with Crippen molar-refractivity contribution >= 4 is 38.2 Å². The molecule has 0 unspecified atom stereocenters. The topological polar surface area (TPSA) is 63.8 Å². The first-order valence-corrected chi connectivity index (χ1v) is 7.71. The lowest BCUT2D eigenvalue weighted by Crippen LogP contribution is -1.97. The van der Waals surface area contributed by atoms with E-state index in [-0.39, 0.29) is 6.42 Å². The molecule has 0 saturated carbocycles. The van der Waals surface area contributed by atoms with E-state index in [0.717, 1.165) is 31.3 Å². The summed E-state index contributed by atoms with van der Waals surface area (Å²) < 4.78 is 7.93. The number of methoxy groups -OCH3 is 1. The third-order valence-electron chi connectivity index (χ3n) is 2.98. The van der Waals surface area contributed by atoms with E-state index in [4.69, 9.17) is 9.84 Å². The molecule has 1 N–H and O–H groups in total. The molecule has 108 valence electrons. The van der Waals surface area contributed by atoms with Crippen LogP contribution < -0.4 is 4.74 Å². The summed E-state index contributed by atoms with van der Waals surface area (Å²) in [5.74, 6) is -0.0620. The molecule has 0 aliphatic rings. The predicted octanol–water partition coefficient (Wildman–Crippen LogP) is 3.46. The Bertz CT molecular complexity index is 793. The van der Waals surface area contributed by atoms with E-state index >= 15 is 0 Å². The summed E-state index contributed by atoms with van der Waals surface area (Å²) in [4.78, 5) is 16.8. The molecule has 0 aliphatic carbocycles. The average Bonchev–Trinajstić information content (AvgIpc) is 2.95. The number of ether oxygens (including phenoxy) is 1. The third kappa shape index (κ3) is 2.79. The zero-order chi connectivity index (χ0) is 15.0. The van der Waals surface area contributed by atoms with Crippen LogP contribution in [0.2, 0.25) is 0 Å². The van der Waals surface area contributed by atoms with E-state index in [0.29, 0.717) is 0 Å². The fraction of sp³-hybridized carbons (Fsp3) is 0.143. The molecule has 21 heavy (non-hydrogen) atoms. The molecule has 3 aromatic rings. The van der Waals surface area contributed by atoms with E-state index < -0.39 is 5.97 Å². The van der Waals surface area contributed by atoms with Gasteiger partial charge in [-0.05, 0) is 34.1 Å². The summed E-state index contributed by atoms with van der Waals surface area (Å²) in [5.41, 5.74) is 1.80. The van der Waals surface area contributed by atoms with Crippen LogP contribution in [0, 0.1) is 0 Å². The largest absolute Gasteiger partial charge is 0.497 e. The summed E-state index contributed by atoms with van der Waals surface area (Å²) in [6.45, 7) is 0. The van der Waals surface area contributed by atoms with Crippen LogP contribution in [0.3, 0.4) is 0 Å². The molecule has 5 nitrogen and oxygen atoms in total. The van der Waals surface area contributed by atoms with Gasteiger partial charge in [0.25, 0.3) is 0 Å². The first kappa shape index (κ1) is 14.1. The Labute approximate surface area is 132 Å². The Morgan fingerprint density at radius 1 is 1.48 bits per heavy atom. The summed E-state index contributed by atoms with van der Waals surface area (Å²) in [6, 6.07) is 5.70. The van der Waals surface area contributed by atoms with E-state index in [2.05, 4.69) is 20.9 Å². The van der Waals surface area contributed by atoms with Crippen molar-refractivity contribution in [1.29, 1.82) is 0 Å². The van der Waals surface area contributed by atoms with Crippen molar-refractivity contribution in [2.45, 2.75) is 6.42 Å². The standard InChI is InChI=1S/C14H11BrN2O3S/c1-20-8-2-3-10(11(15)4-8)12-7-17-6-9(5-13(18)19)21-14(17)16-12/h2-4,6-7H,5H2,1H3,(H,18,19). The number of benzene rings is 1. The molecule has 2 heterocycles. The van der Waals surface area contributed by atoms with Crippen molar-refractivity contribution in [1.82, 2.24) is 9.38 Å². The summed E-state index contributed by atoms with van der Waals surface area (Å²) in [6.07, 6.45) is 3.72. The van der Waals surface area contributed by atoms with Gasteiger partial charge in [-0.1, -0.05) is 0 Å². The van der Waals surface area contributed by atoms with Gasteiger partial charge in [0.2, 0.25) is 0 Å². The Morgan fingerprint density at radius 2 is 2.29 bits per heavy atom. The molecule has 0 radical (unpaired) electrons. The van der Waals surface area contributed by atoms with Gasteiger partial charge in [-0.25, -0.2) is 4.98 Å². The smallest absolute Gasteiger partial charge is 0.308 e. The number of imidazole rings is 1. The van der Waals surface area contributed by atoms with Crippen LogP contribution in [-0.4, -0.2) is 27.6 Å². The van der Waals surface area contributed by atoms with Crippen molar-refractivity contribution in [2.75, 3.05) is 7.11 Å². The molecule has 0 aliphatic heterocycles. The van der Waals surface area contributed by atoms with Crippen molar-refractivity contribution in [3.05, 3.63) is 39.9 Å². The minimum atomic E-state index is -0.836. The second kappa shape index (κ2) is 5.50. The van der Waals surface area contributed by atoms with Crippen LogP contribution in [-0.2, 0) is 11.2 Å². The fourth-order valence-corrected chi connectivity index (χ4v) is 3.55. The second-order valence-corrected chi connectivity index (χ2v) is 6.38. The molecule has 3 rings (SSSR count). The number of hydrogen-bond acceptors (Lipinski definition) is 4. The number of aliphatic carboxylic acids is 1. The Kier molecular flexibility index (Phi) is 3.69. The lowest BCUT2D eigenvalue weighted by Gasteiger charge is -2.04. The molecule has 0 atom stereocenters. The highest BCUT2D eigenvalue weighted by atomic mass is 79.9. The molecular weight excluding hydrogens is 356 g/mol. The van der Waals surface area contributed by atoms with Crippen molar-refractivity contribution in [3.8, 4) is 17.0 Å². The zero-order valence-corrected chi connectivity index (χ0v) is 13.4. The maximum atomic E-state index is 10.7. The molecular formula is C14H11BrN2O3S. The fourth-order valence-electron chi connectivity index (χ4n) is 2.03. The van der Waals surface area contributed by atoms with Crippen LogP contribution in [0.4, 0.5) is 0 Å². The number of nitrogens with zero attached hydrogens (tertiary/aromatic N) is 2. The molecule has 1 aromatic carbocycles. The molecule has 0 spiro atoms. The lowest BCUT2D eigenvalue weighted by atomic mass is 10.1. The van der Waals surface area contributed by atoms with E-state index in [1.165, 1.54) is 11.3 Å². The van der Waals surface area contributed by atoms with Crippen molar-refractivity contribution in [2.24, 2.45) is 0 Å². The number of carbonyl (C=O) groups is 1. The van der Waals surface area contributed by atoms with Gasteiger partial charge in [0.15, 0.2) is 4.96 Å². The highest BCUT2D eigenvalue weighted by Crippen LogP contribution is 2.32. The van der Waals surface area contributed by atoms with Crippen LogP contribution in [0.1, 0.15) is 4.88 Å². The number of rotatable bonds is 4. The maximum absolute atomic E-state index is 10.7. The van der Waals surface area contributed by atoms with E-state index in [1.807, 2.05) is 35.0 Å². The molecule has 0 bridgehead atoms. The summed E-state index contributed by atoms with van der Waals surface area (Å²) >= 11 is 4.90. The molecule has 2 aromatic heterocycles. The van der Waals surface area contributed by atoms with Gasteiger partial charge in [-0.2, -0.15) is 0 Å². The zero-order valence-electron chi connectivity index (χ0n) is 11.0. The first-order valence-electron chi connectivity index (χ1n) is 6.10. The minimum absolute atomic E-state index is 0.0234. The van der Waals surface area contributed by atoms with Crippen LogP contribution >= 0.6 is 27.3 Å². The number of carboxylic acids is 1. The second-order valence-electron chi connectivity index (χ2n) is 4.43. The monoisotopic (exact) mass is 366 g/mol. The summed E-state index contributed by atoms with van der Waals surface area (Å²) in [7, 11) is 1.62. The number of hydrogen-bond donors (Lipinski definition) is 1. The number of thiazole rings is 1. The maximum Gasteiger partial charge on any atom is 0.308 e. The first-order chi connectivity index (χ1) is 10.1. The number of fused-ring (bicyclic) bond motifs is 1. The van der Waals surface area contributed by atoms with E-state index in [9.17, 15) is 4.79 Å². The third-order valence-corrected chi connectivity index (χ3v) is 4.63. The number of halogens is 1. The van der Waals surface area contributed by atoms with Crippen LogP contribution in [0.25, 0.3) is 16.2 Å². The van der Waals surface area contributed by atoms with Crippen molar-refractivity contribution < 1.29 is 14.6 Å². The molecule has 0 saturated heterocycles. The van der Waals surface area contributed by atoms with Crippen LogP contribution in [0.15, 0.2) is 35.1 Å². The molecule has 0 fully saturated rings. The lowest BCUT2D eigenvalue weighted by molar-refractivity contribution is -0.136.